The summed E-state index contributed by atoms with van der Waals surface area (Å²) < 4.78 is 0. The number of hydrogen-bond acceptors (Lipinski definition) is 3. The molecule has 3 heterocycles. The summed E-state index contributed by atoms with van der Waals surface area (Å²) in [5.41, 5.74) is 16.7. The topological polar surface area (TPSA) is 38.7 Å². The molecule has 0 fully saturated rings. The molecule has 3 aromatic heterocycles. The first-order valence-corrected chi connectivity index (χ1v) is 18.1. The summed E-state index contributed by atoms with van der Waals surface area (Å²) in [5, 5.41) is 1.14. The molecule has 0 atom stereocenters. The van der Waals surface area contributed by atoms with Gasteiger partial charge in [-0.15, -0.1) is 65.7 Å². The third-order valence-electron chi connectivity index (χ3n) is 9.51. The Morgan fingerprint density at radius 1 is 0.500 bits per heavy atom. The first kappa shape index (κ1) is 38.2. The SMILES string of the molecule is Cc1ccc(-c2ccc(-c3cc[c-]c(-c4cc(C(C)(C)C)ccn4)c3)c3nc(-c4ccccc4)ccc23)c(C)c1.Cc1ccnc(-c2[c-]cccc2)c1.[Ir]. The van der Waals surface area contributed by atoms with E-state index in [1.54, 1.807) is 0 Å². The van der Waals surface area contributed by atoms with Crippen LogP contribution in [0.25, 0.3) is 66.9 Å². The molecule has 1 radical (unpaired) electrons. The molecule has 5 aromatic carbocycles. The van der Waals surface area contributed by atoms with Gasteiger partial charge in [-0.05, 0) is 89.7 Å². The van der Waals surface area contributed by atoms with Crippen molar-refractivity contribution in [1.82, 2.24) is 15.0 Å². The Labute approximate surface area is 333 Å². The molecule has 269 valence electrons. The van der Waals surface area contributed by atoms with Crippen molar-refractivity contribution in [3.05, 3.63) is 186 Å². The number of fused-ring (bicyclic) bond motifs is 1. The zero-order valence-corrected chi connectivity index (χ0v) is 34.0. The van der Waals surface area contributed by atoms with Crippen molar-refractivity contribution in [2.75, 3.05) is 0 Å². The van der Waals surface area contributed by atoms with Crippen molar-refractivity contribution < 1.29 is 20.1 Å². The van der Waals surface area contributed by atoms with E-state index in [-0.39, 0.29) is 25.5 Å². The largest absolute Gasteiger partial charge is 0.305 e. The van der Waals surface area contributed by atoms with Crippen molar-refractivity contribution in [1.29, 1.82) is 0 Å². The van der Waals surface area contributed by atoms with Gasteiger partial charge in [-0.3, -0.25) is 0 Å². The molecule has 0 unspecified atom stereocenters. The summed E-state index contributed by atoms with van der Waals surface area (Å²) in [6.45, 7) is 13.1. The fourth-order valence-electron chi connectivity index (χ4n) is 6.63. The first-order chi connectivity index (χ1) is 25.6. The summed E-state index contributed by atoms with van der Waals surface area (Å²) in [6, 6.07) is 55.0. The maximum Gasteiger partial charge on any atom is 0.0778 e. The van der Waals surface area contributed by atoms with Gasteiger partial charge >= 0.3 is 0 Å². The average Bonchev–Trinajstić information content (AvgIpc) is 3.18. The predicted octanol–water partition coefficient (Wildman–Crippen LogP) is 12.9. The van der Waals surface area contributed by atoms with Crippen LogP contribution in [-0.4, -0.2) is 15.0 Å². The van der Waals surface area contributed by atoms with E-state index in [0.717, 1.165) is 55.8 Å². The van der Waals surface area contributed by atoms with Gasteiger partial charge in [-0.25, -0.2) is 4.98 Å². The standard InChI is InChI=1S/C38H33N2.C12H10N.Ir/c1-25-14-15-31(26(2)22-25)33-17-16-32(37-34(33)18-19-35(40-37)27-10-7-6-8-11-27)28-12-9-13-29(23-28)36-24-30(20-21-39-36)38(3,4)5;1-10-7-8-13-12(9-10)11-5-3-2-4-6-11;/h6-12,14-24H,1-5H3;2-5,7-9H,1H3;/q2*-1;. The van der Waals surface area contributed by atoms with Gasteiger partial charge in [0, 0.05) is 43.4 Å². The van der Waals surface area contributed by atoms with Crippen molar-refractivity contribution in [2.24, 2.45) is 0 Å². The summed E-state index contributed by atoms with van der Waals surface area (Å²) >= 11 is 0. The van der Waals surface area contributed by atoms with Crippen LogP contribution in [0.4, 0.5) is 0 Å². The van der Waals surface area contributed by atoms with Crippen molar-refractivity contribution >= 4 is 10.9 Å². The molecule has 0 aliphatic carbocycles. The molecule has 54 heavy (non-hydrogen) atoms. The maximum atomic E-state index is 5.28. The second kappa shape index (κ2) is 16.6. The number of pyridine rings is 3. The Morgan fingerprint density at radius 2 is 1.19 bits per heavy atom. The van der Waals surface area contributed by atoms with Crippen LogP contribution in [-0.2, 0) is 25.5 Å². The number of benzene rings is 5. The Kier molecular flexibility index (Phi) is 11.8. The van der Waals surface area contributed by atoms with Gasteiger partial charge in [-0.1, -0.05) is 110 Å². The molecule has 8 rings (SSSR count). The summed E-state index contributed by atoms with van der Waals surface area (Å²) in [4.78, 5) is 14.3. The first-order valence-electron chi connectivity index (χ1n) is 18.1. The van der Waals surface area contributed by atoms with E-state index in [1.165, 1.54) is 33.4 Å². The third-order valence-corrected chi connectivity index (χ3v) is 9.51. The van der Waals surface area contributed by atoms with Gasteiger partial charge < -0.3 is 9.97 Å². The fourth-order valence-corrected chi connectivity index (χ4v) is 6.63. The van der Waals surface area contributed by atoms with Crippen LogP contribution in [0.3, 0.4) is 0 Å². The Hall–Kier alpha value is -5.54. The molecular formula is C50H43IrN3-2. The Bertz CT molecular complexity index is 2520. The van der Waals surface area contributed by atoms with Gasteiger partial charge in [0.15, 0.2) is 0 Å². The minimum absolute atomic E-state index is 0. The monoisotopic (exact) mass is 878 g/mol. The van der Waals surface area contributed by atoms with Crippen molar-refractivity contribution in [2.45, 2.75) is 47.0 Å². The molecule has 0 aliphatic rings. The molecule has 0 saturated heterocycles. The van der Waals surface area contributed by atoms with Crippen LogP contribution in [0, 0.1) is 32.9 Å². The Morgan fingerprint density at radius 3 is 1.91 bits per heavy atom. The zero-order chi connectivity index (χ0) is 37.0. The van der Waals surface area contributed by atoms with E-state index in [2.05, 4.69) is 156 Å². The van der Waals surface area contributed by atoms with Crippen LogP contribution in [0.2, 0.25) is 0 Å². The third kappa shape index (κ3) is 8.63. The van der Waals surface area contributed by atoms with Gasteiger partial charge in [0.2, 0.25) is 0 Å². The van der Waals surface area contributed by atoms with Gasteiger partial charge in [0.25, 0.3) is 0 Å². The number of hydrogen-bond donors (Lipinski definition) is 0. The molecule has 0 aliphatic heterocycles. The minimum atomic E-state index is 0. The van der Waals surface area contributed by atoms with Crippen molar-refractivity contribution in [3.8, 4) is 56.0 Å². The fraction of sp³-hybridized carbons (Fsp3) is 0.140. The normalized spacial score (nSPS) is 11.0. The summed E-state index contributed by atoms with van der Waals surface area (Å²) in [6.07, 6.45) is 3.73. The van der Waals surface area contributed by atoms with E-state index in [0.29, 0.717) is 0 Å². The molecular weight excluding hydrogens is 835 g/mol. The van der Waals surface area contributed by atoms with Crippen molar-refractivity contribution in [3.63, 3.8) is 0 Å². The van der Waals surface area contributed by atoms with Gasteiger partial charge in [0.1, 0.15) is 0 Å². The molecule has 8 aromatic rings. The van der Waals surface area contributed by atoms with E-state index in [4.69, 9.17) is 9.97 Å². The number of rotatable bonds is 5. The number of aryl methyl sites for hydroxylation is 3. The molecule has 3 nitrogen and oxygen atoms in total. The summed E-state index contributed by atoms with van der Waals surface area (Å²) in [7, 11) is 0. The average molecular weight is 878 g/mol. The minimum Gasteiger partial charge on any atom is -0.305 e. The molecule has 0 saturated carbocycles. The Balaban J connectivity index is 0.000000300. The van der Waals surface area contributed by atoms with Crippen LogP contribution in [0.5, 0.6) is 0 Å². The smallest absolute Gasteiger partial charge is 0.0778 e. The predicted molar refractivity (Wildman–Crippen MR) is 222 cm³/mol. The molecule has 4 heteroatoms. The van der Waals surface area contributed by atoms with Gasteiger partial charge in [0.05, 0.1) is 11.2 Å². The number of nitrogens with zero attached hydrogens (tertiary/aromatic N) is 3. The van der Waals surface area contributed by atoms with E-state index in [9.17, 15) is 0 Å². The van der Waals surface area contributed by atoms with Crippen LogP contribution in [0.15, 0.2) is 152 Å². The zero-order valence-electron chi connectivity index (χ0n) is 31.6. The molecule has 0 bridgehead atoms. The quantitative estimate of drug-likeness (QED) is 0.162. The van der Waals surface area contributed by atoms with Crippen LogP contribution in [0.1, 0.15) is 43.0 Å². The van der Waals surface area contributed by atoms with E-state index >= 15 is 0 Å². The molecule has 0 amide bonds. The number of aromatic nitrogens is 3. The second-order valence-electron chi connectivity index (χ2n) is 14.6. The second-order valence-corrected chi connectivity index (χ2v) is 14.6. The van der Waals surface area contributed by atoms with Crippen LogP contribution >= 0.6 is 0 Å². The maximum absolute atomic E-state index is 5.28. The van der Waals surface area contributed by atoms with Crippen LogP contribution < -0.4 is 0 Å². The van der Waals surface area contributed by atoms with Gasteiger partial charge in [-0.2, -0.15) is 0 Å². The molecule has 0 N–H and O–H groups in total. The van der Waals surface area contributed by atoms with E-state index in [1.807, 2.05) is 54.9 Å². The molecule has 0 spiro atoms. The van der Waals surface area contributed by atoms with E-state index < -0.39 is 0 Å². The summed E-state index contributed by atoms with van der Waals surface area (Å²) in [5.74, 6) is 0.